The maximum Gasteiger partial charge on any atom is 0.504 e. The number of nitrogens with zero attached hydrogens (tertiary/aromatic N) is 1. The summed E-state index contributed by atoms with van der Waals surface area (Å²) in [7, 11) is -0.650. The van der Waals surface area contributed by atoms with Crippen molar-refractivity contribution in [3.63, 3.8) is 0 Å². The molecule has 1 saturated heterocycles. The molecule has 10 nitrogen and oxygen atoms in total. The Morgan fingerprint density at radius 3 is 2.56 bits per heavy atom. The summed E-state index contributed by atoms with van der Waals surface area (Å²) in [5, 5.41) is 38.0. The van der Waals surface area contributed by atoms with Crippen LogP contribution in [0.3, 0.4) is 0 Å². The predicted molar refractivity (Wildman–Crippen MR) is 97.6 cm³/mol. The van der Waals surface area contributed by atoms with Crippen LogP contribution in [0.15, 0.2) is 12.1 Å². The first-order valence-electron chi connectivity index (χ1n) is 8.70. The number of aliphatic hydroxyl groups excluding tert-OH is 2. The van der Waals surface area contributed by atoms with Crippen LogP contribution in [-0.4, -0.2) is 76.6 Å². The lowest BCUT2D eigenvalue weighted by Crippen LogP contribution is -2.65. The van der Waals surface area contributed by atoms with E-state index in [0.29, 0.717) is 12.0 Å². The molecule has 1 fully saturated rings. The third-order valence-electron chi connectivity index (χ3n) is 4.43. The zero-order valence-corrected chi connectivity index (χ0v) is 15.1. The second-order valence-corrected chi connectivity index (χ2v) is 6.43. The van der Waals surface area contributed by atoms with E-state index in [2.05, 4.69) is 0 Å². The molecule has 0 radical (unpaired) electrons. The smallest absolute Gasteiger partial charge is 0.504 e. The molecule has 3 atom stereocenters. The topological polar surface area (TPSA) is 172 Å². The van der Waals surface area contributed by atoms with Crippen LogP contribution >= 0.6 is 0 Å². The molecule has 1 unspecified atom stereocenters. The van der Waals surface area contributed by atoms with E-state index in [1.807, 2.05) is 6.92 Å². The van der Waals surface area contributed by atoms with E-state index in [9.17, 15) is 20.1 Å². The van der Waals surface area contributed by atoms with Crippen molar-refractivity contribution in [1.29, 1.82) is 0 Å². The van der Waals surface area contributed by atoms with Gasteiger partial charge in [-0.1, -0.05) is 19.4 Å². The van der Waals surface area contributed by atoms with Crippen LogP contribution in [0.25, 0.3) is 0 Å². The fraction of sp³-hybridized carbons (Fsp3) is 0.562. The van der Waals surface area contributed by atoms with Crippen LogP contribution in [0, 0.1) is 0 Å². The van der Waals surface area contributed by atoms with Crippen molar-refractivity contribution < 1.29 is 34.5 Å². The number of hydrogen-bond acceptors (Lipinski definition) is 9. The molecule has 2 rings (SSSR count). The third-order valence-corrected chi connectivity index (χ3v) is 4.43. The van der Waals surface area contributed by atoms with Crippen molar-refractivity contribution in [1.82, 2.24) is 4.90 Å². The molecular weight excluding hydrogens is 357 g/mol. The lowest BCUT2D eigenvalue weighted by atomic mass is 10.0. The second-order valence-electron chi connectivity index (χ2n) is 6.43. The highest BCUT2D eigenvalue weighted by Crippen LogP contribution is 2.34. The van der Waals surface area contributed by atoms with Crippen LogP contribution in [0.2, 0.25) is 0 Å². The molecule has 1 heterocycles. The summed E-state index contributed by atoms with van der Waals surface area (Å²) in [4.78, 5) is 13.3. The van der Waals surface area contributed by atoms with Gasteiger partial charge in [0, 0.05) is 13.1 Å². The van der Waals surface area contributed by atoms with Crippen molar-refractivity contribution in [2.24, 2.45) is 11.5 Å². The van der Waals surface area contributed by atoms with Gasteiger partial charge in [-0.3, -0.25) is 4.90 Å². The number of carbonyl (C=O) groups is 1. The lowest BCUT2D eigenvalue weighted by Gasteiger charge is -2.43. The summed E-state index contributed by atoms with van der Waals surface area (Å²) >= 11 is 0. The highest BCUT2D eigenvalue weighted by atomic mass is 16.5. The fourth-order valence-corrected chi connectivity index (χ4v) is 2.96. The van der Waals surface area contributed by atoms with Gasteiger partial charge in [-0.05, 0) is 18.1 Å². The number of ether oxygens (including phenoxy) is 1. The maximum atomic E-state index is 11.7. The number of carboxylic acids is 1. The molecular formula is C16H26BN3O7. The minimum atomic E-state index is -1.36. The molecule has 1 aliphatic heterocycles. The van der Waals surface area contributed by atoms with Gasteiger partial charge in [0.25, 0.3) is 0 Å². The van der Waals surface area contributed by atoms with Gasteiger partial charge in [0.15, 0.2) is 0 Å². The van der Waals surface area contributed by atoms with Gasteiger partial charge < -0.3 is 41.2 Å². The van der Waals surface area contributed by atoms with Crippen molar-refractivity contribution in [2.45, 2.75) is 44.4 Å². The van der Waals surface area contributed by atoms with Crippen LogP contribution in [0.1, 0.15) is 29.3 Å². The van der Waals surface area contributed by atoms with E-state index in [0.717, 1.165) is 6.42 Å². The summed E-state index contributed by atoms with van der Waals surface area (Å²) in [5.74, 6) is -1.02. The Morgan fingerprint density at radius 2 is 2.04 bits per heavy atom. The van der Waals surface area contributed by atoms with E-state index in [4.69, 9.17) is 25.9 Å². The predicted octanol–water partition coefficient (Wildman–Crippen LogP) is -2.04. The first-order chi connectivity index (χ1) is 12.8. The minimum Gasteiger partial charge on any atom is -0.538 e. The number of aromatic carboxylic acids is 1. The third kappa shape index (κ3) is 4.89. The first kappa shape index (κ1) is 21.4. The molecule has 8 N–H and O–H groups in total. The van der Waals surface area contributed by atoms with E-state index < -0.39 is 32.2 Å². The number of aryl methyl sites for hydroxylation is 1. The van der Waals surface area contributed by atoms with Gasteiger partial charge in [-0.15, -0.1) is 0 Å². The van der Waals surface area contributed by atoms with Crippen LogP contribution < -0.4 is 20.9 Å². The summed E-state index contributed by atoms with van der Waals surface area (Å²) in [6.45, 7) is 2.52. The molecule has 0 aromatic heterocycles. The summed E-state index contributed by atoms with van der Waals surface area (Å²) < 4.78 is 10.9. The van der Waals surface area contributed by atoms with Crippen molar-refractivity contribution in [3.8, 4) is 11.5 Å². The molecule has 27 heavy (non-hydrogen) atoms. The SMILES string of the molecule is CCCc1ccc(OC2CN(C(O)[C@H](N)[C@H](N)O)C2)c(C(=O)O)c1OBO. The van der Waals surface area contributed by atoms with Gasteiger partial charge in [0.1, 0.15) is 35.6 Å². The second kappa shape index (κ2) is 9.35. The number of nitrogens with two attached hydrogens (primary N) is 2. The number of carboxylic acid groups (broad SMARTS) is 1. The highest BCUT2D eigenvalue weighted by Gasteiger charge is 2.38. The Morgan fingerprint density at radius 1 is 1.37 bits per heavy atom. The van der Waals surface area contributed by atoms with Crippen molar-refractivity contribution >= 4 is 13.7 Å². The Hall–Kier alpha value is -1.89. The summed E-state index contributed by atoms with van der Waals surface area (Å²) in [6, 6.07) is 2.24. The van der Waals surface area contributed by atoms with Gasteiger partial charge in [-0.25, -0.2) is 4.79 Å². The van der Waals surface area contributed by atoms with Crippen molar-refractivity contribution in [3.05, 3.63) is 23.3 Å². The Bertz CT molecular complexity index is 655. The molecule has 0 spiro atoms. The minimum absolute atomic E-state index is 0.0915. The number of hydrogen-bond donors (Lipinski definition) is 6. The molecule has 0 amide bonds. The van der Waals surface area contributed by atoms with Gasteiger partial charge >= 0.3 is 13.7 Å². The molecule has 0 saturated carbocycles. The highest BCUT2D eigenvalue weighted by molar-refractivity contribution is 6.18. The first-order valence-corrected chi connectivity index (χ1v) is 8.70. The van der Waals surface area contributed by atoms with Gasteiger partial charge in [-0.2, -0.15) is 0 Å². The maximum absolute atomic E-state index is 11.7. The molecule has 0 aliphatic carbocycles. The fourth-order valence-electron chi connectivity index (χ4n) is 2.96. The van der Waals surface area contributed by atoms with Crippen molar-refractivity contribution in [2.75, 3.05) is 13.1 Å². The number of benzene rings is 1. The summed E-state index contributed by atoms with van der Waals surface area (Å²) in [6.07, 6.45) is -1.49. The normalized spacial score (nSPS) is 18.3. The molecule has 11 heteroatoms. The average Bonchev–Trinajstić information content (AvgIpc) is 2.58. The number of rotatable bonds is 10. The average molecular weight is 383 g/mol. The molecule has 1 aromatic rings. The van der Waals surface area contributed by atoms with E-state index in [1.54, 1.807) is 17.0 Å². The van der Waals surface area contributed by atoms with Crippen LogP contribution in [-0.2, 0) is 6.42 Å². The standard InChI is InChI=1S/C16H26BN3O7/c1-2-3-8-4-5-10(11(16(23)24)13(8)27-17-25)26-9-6-20(7-9)15(22)12(18)14(19)21/h4-5,9,12,14-15,17,21-22,25H,2-3,6-7,18-19H2,1H3,(H,23,24)/t12-,14-,15?/m1/s1. The zero-order valence-electron chi connectivity index (χ0n) is 15.1. The quantitative estimate of drug-likeness (QED) is 0.195. The lowest BCUT2D eigenvalue weighted by molar-refractivity contribution is -0.114. The van der Waals surface area contributed by atoms with E-state index in [-0.39, 0.29) is 36.3 Å². The Balaban J connectivity index is 2.13. The Kier molecular flexibility index (Phi) is 7.42. The molecule has 0 bridgehead atoms. The van der Waals surface area contributed by atoms with Gasteiger partial charge in [0.2, 0.25) is 0 Å². The van der Waals surface area contributed by atoms with Crippen LogP contribution in [0.5, 0.6) is 11.5 Å². The van der Waals surface area contributed by atoms with E-state index >= 15 is 0 Å². The largest absolute Gasteiger partial charge is 0.538 e. The Labute approximate surface area is 157 Å². The zero-order chi connectivity index (χ0) is 20.1. The monoisotopic (exact) mass is 383 g/mol. The van der Waals surface area contributed by atoms with Crippen LogP contribution in [0.4, 0.5) is 0 Å². The van der Waals surface area contributed by atoms with Gasteiger partial charge in [0.05, 0.1) is 6.04 Å². The van der Waals surface area contributed by atoms with E-state index in [1.165, 1.54) is 0 Å². The molecule has 1 aromatic carbocycles. The number of aliphatic hydroxyl groups is 2. The number of likely N-dealkylation sites (tertiary alicyclic amines) is 1. The molecule has 1 aliphatic rings. The molecule has 150 valence electrons. The summed E-state index contributed by atoms with van der Waals surface area (Å²) in [5.41, 5.74) is 11.4.